The second kappa shape index (κ2) is 8.16. The number of nitrogens with zero attached hydrogens (tertiary/aromatic N) is 6. The Kier molecular flexibility index (Phi) is 5.39. The molecule has 1 N–H and O–H groups in total. The van der Waals surface area contributed by atoms with E-state index in [1.54, 1.807) is 36.3 Å². The average molecular weight is 527 g/mol. The van der Waals surface area contributed by atoms with E-state index in [-0.39, 0.29) is 18.3 Å². The molecule has 200 valence electrons. The van der Waals surface area contributed by atoms with Crippen molar-refractivity contribution in [2.75, 3.05) is 23.3 Å². The van der Waals surface area contributed by atoms with Crippen LogP contribution in [0.1, 0.15) is 40.5 Å². The van der Waals surface area contributed by atoms with E-state index in [0.717, 1.165) is 0 Å². The fourth-order valence-electron chi connectivity index (χ4n) is 5.28. The number of hydrogen-bond acceptors (Lipinski definition) is 8. The maximum absolute atomic E-state index is 15.0. The Hall–Kier alpha value is -3.19. The van der Waals surface area contributed by atoms with Gasteiger partial charge in [-0.3, -0.25) is 0 Å². The zero-order valence-corrected chi connectivity index (χ0v) is 21.9. The van der Waals surface area contributed by atoms with Crippen molar-refractivity contribution in [1.82, 2.24) is 24.7 Å². The fraction of sp³-hybridized carbons (Fsp3) is 0.520. The Labute approximate surface area is 218 Å². The van der Waals surface area contributed by atoms with Crippen LogP contribution in [0.5, 0.6) is 0 Å². The summed E-state index contributed by atoms with van der Waals surface area (Å²) in [6, 6.07) is 4.73. The molecule has 3 aromatic rings. The largest absolute Gasteiger partial charge is 0.497 e. The van der Waals surface area contributed by atoms with Crippen molar-refractivity contribution < 1.29 is 22.5 Å². The van der Waals surface area contributed by atoms with Crippen LogP contribution in [-0.2, 0) is 16.4 Å². The molecule has 9 nitrogen and oxygen atoms in total. The van der Waals surface area contributed by atoms with Crippen LogP contribution >= 0.6 is 0 Å². The second-order valence-corrected chi connectivity index (χ2v) is 11.7. The van der Waals surface area contributed by atoms with Crippen LogP contribution in [0.25, 0.3) is 11.4 Å². The summed E-state index contributed by atoms with van der Waals surface area (Å²) in [5, 5.41) is 7.50. The van der Waals surface area contributed by atoms with Crippen LogP contribution in [-0.4, -0.2) is 62.1 Å². The molecule has 1 saturated carbocycles. The molecule has 6 rings (SSSR count). The summed E-state index contributed by atoms with van der Waals surface area (Å²) >= 11 is 0. The minimum atomic E-state index is -2.53. The zero-order chi connectivity index (χ0) is 27.1. The van der Waals surface area contributed by atoms with E-state index in [9.17, 15) is 8.78 Å². The molecule has 4 heterocycles. The van der Waals surface area contributed by atoms with E-state index in [1.165, 1.54) is 6.07 Å². The lowest BCUT2D eigenvalue weighted by molar-refractivity contribution is -0.170. The van der Waals surface area contributed by atoms with Crippen molar-refractivity contribution in [2.45, 2.75) is 57.7 Å². The lowest BCUT2D eigenvalue weighted by atomic mass is 9.61. The molecule has 2 saturated heterocycles. The first-order valence-electron chi connectivity index (χ1n) is 12.5. The lowest BCUT2D eigenvalue weighted by Gasteiger charge is -2.58. The van der Waals surface area contributed by atoms with Crippen LogP contribution < -0.4 is 15.7 Å². The van der Waals surface area contributed by atoms with E-state index in [2.05, 4.69) is 25.4 Å². The number of rotatable bonds is 5. The number of anilines is 3. The number of hydrogen-bond donors (Lipinski definition) is 1. The Morgan fingerprint density at radius 1 is 1.00 bits per heavy atom. The summed E-state index contributed by atoms with van der Waals surface area (Å²) in [5.41, 5.74) is -0.0107. The number of aromatic nitrogens is 5. The summed E-state index contributed by atoms with van der Waals surface area (Å²) in [5.74, 6) is -1.69. The summed E-state index contributed by atoms with van der Waals surface area (Å²) < 4.78 is 55.0. The Bertz CT molecular complexity index is 1360. The third-order valence-corrected chi connectivity index (χ3v) is 8.03. The van der Waals surface area contributed by atoms with E-state index >= 15 is 4.39 Å². The normalized spacial score (nSPS) is 22.3. The topological polar surface area (TPSA) is 90.2 Å². The molecule has 1 aromatic carbocycles. The molecule has 38 heavy (non-hydrogen) atoms. The molecule has 0 bridgehead atoms. The minimum Gasteiger partial charge on any atom is -0.399 e. The van der Waals surface area contributed by atoms with Crippen LogP contribution in [0.2, 0.25) is 0 Å². The fourth-order valence-corrected chi connectivity index (χ4v) is 5.28. The van der Waals surface area contributed by atoms with Crippen molar-refractivity contribution >= 4 is 30.2 Å². The molecule has 0 radical (unpaired) electrons. The van der Waals surface area contributed by atoms with Crippen LogP contribution in [0.4, 0.5) is 30.8 Å². The minimum absolute atomic E-state index is 0.0622. The van der Waals surface area contributed by atoms with Crippen molar-refractivity contribution in [3.05, 3.63) is 36.4 Å². The number of benzene rings is 1. The van der Waals surface area contributed by atoms with Gasteiger partial charge >= 0.3 is 7.12 Å². The Morgan fingerprint density at radius 2 is 1.63 bits per heavy atom. The quantitative estimate of drug-likeness (QED) is 0.503. The monoisotopic (exact) mass is 527 g/mol. The summed E-state index contributed by atoms with van der Waals surface area (Å²) in [6.45, 7) is 8.77. The van der Waals surface area contributed by atoms with Crippen molar-refractivity contribution in [3.8, 4) is 11.4 Å². The molecule has 1 aliphatic carbocycles. The first-order valence-corrected chi connectivity index (χ1v) is 12.5. The highest BCUT2D eigenvalue weighted by Crippen LogP contribution is 2.57. The maximum Gasteiger partial charge on any atom is 0.497 e. The van der Waals surface area contributed by atoms with Gasteiger partial charge in [0, 0.05) is 61.9 Å². The van der Waals surface area contributed by atoms with Gasteiger partial charge in [-0.25, -0.2) is 27.8 Å². The van der Waals surface area contributed by atoms with Gasteiger partial charge in [-0.15, -0.1) is 5.10 Å². The van der Waals surface area contributed by atoms with Gasteiger partial charge in [-0.1, -0.05) is 6.07 Å². The van der Waals surface area contributed by atoms with Crippen molar-refractivity contribution in [1.29, 1.82) is 0 Å². The predicted octanol–water partition coefficient (Wildman–Crippen LogP) is 3.69. The van der Waals surface area contributed by atoms with Crippen LogP contribution in [0, 0.1) is 11.2 Å². The van der Waals surface area contributed by atoms with Crippen LogP contribution in [0.3, 0.4) is 0 Å². The molecule has 2 aliphatic heterocycles. The molecule has 0 unspecified atom stereocenters. The van der Waals surface area contributed by atoms with Crippen molar-refractivity contribution in [2.24, 2.45) is 12.5 Å². The first-order chi connectivity index (χ1) is 17.7. The number of alkyl halides is 2. The van der Waals surface area contributed by atoms with Crippen LogP contribution in [0.15, 0.2) is 30.6 Å². The molecule has 0 amide bonds. The zero-order valence-electron chi connectivity index (χ0n) is 21.9. The standard InChI is InChI=1S/C25H29BF3N7O2/c1-22(2)23(3,4)38-26(37-22)17-7-6-16(8-18(17)27)32-21-33-19(34-35(21)5)15-9-30-20(31-10-15)36-13-24(14-36)11-25(28,29)12-24/h6-10H,11-14H2,1-5H3,(H,32,33,34). The van der Waals surface area contributed by atoms with E-state index in [0.29, 0.717) is 47.5 Å². The van der Waals surface area contributed by atoms with Gasteiger partial charge in [0.2, 0.25) is 17.8 Å². The lowest BCUT2D eigenvalue weighted by Crippen LogP contribution is -2.66. The summed E-state index contributed by atoms with van der Waals surface area (Å²) in [6.07, 6.45) is 3.10. The predicted molar refractivity (Wildman–Crippen MR) is 136 cm³/mol. The molecular weight excluding hydrogens is 498 g/mol. The average Bonchev–Trinajstić information content (AvgIpc) is 3.25. The highest BCUT2D eigenvalue weighted by atomic mass is 19.3. The van der Waals surface area contributed by atoms with Crippen molar-refractivity contribution in [3.63, 3.8) is 0 Å². The molecule has 13 heteroatoms. The van der Waals surface area contributed by atoms with Gasteiger partial charge in [-0.2, -0.15) is 4.98 Å². The number of nitrogens with one attached hydrogen (secondary N) is 1. The van der Waals surface area contributed by atoms with E-state index in [4.69, 9.17) is 9.31 Å². The van der Waals surface area contributed by atoms with Gasteiger partial charge < -0.3 is 19.5 Å². The Balaban J connectivity index is 1.12. The van der Waals surface area contributed by atoms with Gasteiger partial charge in [0.15, 0.2) is 5.82 Å². The van der Waals surface area contributed by atoms with E-state index < -0.39 is 30.1 Å². The van der Waals surface area contributed by atoms with Gasteiger partial charge in [0.25, 0.3) is 0 Å². The highest BCUT2D eigenvalue weighted by Gasteiger charge is 2.62. The van der Waals surface area contributed by atoms with Gasteiger partial charge in [0.05, 0.1) is 16.8 Å². The smallest absolute Gasteiger partial charge is 0.399 e. The second-order valence-electron chi connectivity index (χ2n) is 11.7. The molecular formula is C25H29BF3N7O2. The Morgan fingerprint density at radius 3 is 2.21 bits per heavy atom. The SMILES string of the molecule is Cn1nc(-c2cnc(N3CC4(C3)CC(F)(F)C4)nc2)nc1Nc1ccc(B2OC(C)(C)C(C)(C)O2)c(F)c1. The van der Waals surface area contributed by atoms with Gasteiger partial charge in [0.1, 0.15) is 5.82 Å². The molecule has 0 atom stereocenters. The third-order valence-electron chi connectivity index (χ3n) is 8.03. The van der Waals surface area contributed by atoms with Gasteiger partial charge in [-0.05, 0) is 39.8 Å². The maximum atomic E-state index is 15.0. The highest BCUT2D eigenvalue weighted by molar-refractivity contribution is 6.62. The first kappa shape index (κ1) is 25.1. The number of aryl methyl sites for hydroxylation is 1. The number of halogens is 3. The molecule has 1 spiro atoms. The molecule has 2 aromatic heterocycles. The molecule has 3 fully saturated rings. The summed E-state index contributed by atoms with van der Waals surface area (Å²) in [4.78, 5) is 15.2. The van der Waals surface area contributed by atoms with E-state index in [1.807, 2.05) is 32.6 Å². The third kappa shape index (κ3) is 4.21. The molecule has 3 aliphatic rings. The summed E-state index contributed by atoms with van der Waals surface area (Å²) in [7, 11) is 0.923.